The van der Waals surface area contributed by atoms with E-state index in [1.54, 1.807) is 0 Å². The molecule has 0 aromatic rings. The Hall–Kier alpha value is -0.0800. The molecule has 28 heavy (non-hydrogen) atoms. The number of fused-ring (bicyclic) bond motifs is 7. The molecule has 9 atom stereocenters. The van der Waals surface area contributed by atoms with Crippen LogP contribution in [0.2, 0.25) is 0 Å². The van der Waals surface area contributed by atoms with Crippen molar-refractivity contribution in [3.63, 3.8) is 0 Å². The van der Waals surface area contributed by atoms with E-state index in [-0.39, 0.29) is 16.9 Å². The van der Waals surface area contributed by atoms with Crippen molar-refractivity contribution in [2.75, 3.05) is 6.61 Å². The second-order valence-corrected chi connectivity index (χ2v) is 12.9. The minimum absolute atomic E-state index is 0.0647. The minimum Gasteiger partial charge on any atom is -0.396 e. The zero-order valence-corrected chi connectivity index (χ0v) is 18.8. The van der Waals surface area contributed by atoms with Crippen LogP contribution >= 0.6 is 0 Å². The molecular formula is C26H44O2. The maximum atomic E-state index is 10.8. The van der Waals surface area contributed by atoms with Crippen molar-refractivity contribution in [1.29, 1.82) is 0 Å². The maximum absolute atomic E-state index is 10.8. The first-order valence-electron chi connectivity index (χ1n) is 12.5. The van der Waals surface area contributed by atoms with E-state index in [9.17, 15) is 10.2 Å². The topological polar surface area (TPSA) is 40.5 Å². The highest BCUT2D eigenvalue weighted by atomic mass is 16.3. The van der Waals surface area contributed by atoms with Crippen LogP contribution in [0.5, 0.6) is 0 Å². The summed E-state index contributed by atoms with van der Waals surface area (Å²) in [5.41, 5.74) is 1.23. The molecule has 5 saturated carbocycles. The zero-order valence-electron chi connectivity index (χ0n) is 18.8. The average Bonchev–Trinajstić information content (AvgIpc) is 3.10. The van der Waals surface area contributed by atoms with Crippen LogP contribution in [0.3, 0.4) is 0 Å². The predicted molar refractivity (Wildman–Crippen MR) is 114 cm³/mol. The first-order chi connectivity index (χ1) is 13.2. The molecule has 5 aliphatic carbocycles. The van der Waals surface area contributed by atoms with E-state index in [1.807, 2.05) is 0 Å². The van der Waals surface area contributed by atoms with Gasteiger partial charge in [-0.2, -0.15) is 0 Å². The van der Waals surface area contributed by atoms with E-state index >= 15 is 0 Å². The van der Waals surface area contributed by atoms with Gasteiger partial charge >= 0.3 is 0 Å². The molecule has 0 bridgehead atoms. The van der Waals surface area contributed by atoms with E-state index in [0.29, 0.717) is 23.4 Å². The Labute approximate surface area is 172 Å². The van der Waals surface area contributed by atoms with Crippen molar-refractivity contribution in [2.24, 2.45) is 51.2 Å². The first-order valence-corrected chi connectivity index (χ1v) is 12.5. The molecule has 0 saturated heterocycles. The van der Waals surface area contributed by atoms with Crippen LogP contribution in [0.4, 0.5) is 0 Å². The standard InChI is InChI=1S/C26H44O2/c1-23(2)20-10-13-24(3)18-9-15-26(16-27)12-5-6-19(26)17(18)7-8-21(24)25(20,4)14-11-22(23)28/h17-22,27-28H,5-16H2,1-4H3/t17-,18?,19?,20?,21?,22-,24-,25-,26+/m0/s1. The van der Waals surface area contributed by atoms with Crippen LogP contribution in [-0.4, -0.2) is 22.9 Å². The van der Waals surface area contributed by atoms with Gasteiger partial charge in [0.25, 0.3) is 0 Å². The van der Waals surface area contributed by atoms with Crippen molar-refractivity contribution in [3.8, 4) is 0 Å². The van der Waals surface area contributed by atoms with Gasteiger partial charge in [0.2, 0.25) is 0 Å². The summed E-state index contributed by atoms with van der Waals surface area (Å²) in [7, 11) is 0. The Morgan fingerprint density at radius 1 is 0.714 bits per heavy atom. The Bertz CT molecular complexity index is 628. The normalized spacial score (nSPS) is 57.6. The van der Waals surface area contributed by atoms with Gasteiger partial charge < -0.3 is 10.2 Å². The lowest BCUT2D eigenvalue weighted by atomic mass is 9.36. The molecule has 5 fully saturated rings. The van der Waals surface area contributed by atoms with E-state index in [2.05, 4.69) is 27.7 Å². The Morgan fingerprint density at radius 2 is 1.46 bits per heavy atom. The lowest BCUT2D eigenvalue weighted by Crippen LogP contribution is -2.63. The highest BCUT2D eigenvalue weighted by molar-refractivity contribution is 5.15. The number of aliphatic hydroxyl groups excluding tert-OH is 2. The molecule has 4 unspecified atom stereocenters. The Morgan fingerprint density at radius 3 is 2.21 bits per heavy atom. The number of aliphatic hydroxyl groups is 2. The number of hydrogen-bond donors (Lipinski definition) is 2. The summed E-state index contributed by atoms with van der Waals surface area (Å²) in [4.78, 5) is 0. The summed E-state index contributed by atoms with van der Waals surface area (Å²) < 4.78 is 0. The molecule has 0 aromatic carbocycles. The van der Waals surface area contributed by atoms with Crippen molar-refractivity contribution < 1.29 is 10.2 Å². The highest BCUT2D eigenvalue weighted by Gasteiger charge is 2.66. The Balaban J connectivity index is 1.48. The summed E-state index contributed by atoms with van der Waals surface area (Å²) in [6.45, 7) is 10.4. The lowest BCUT2D eigenvalue weighted by molar-refractivity contribution is -0.216. The highest BCUT2D eigenvalue weighted by Crippen LogP contribution is 2.72. The largest absolute Gasteiger partial charge is 0.396 e. The quantitative estimate of drug-likeness (QED) is 0.595. The van der Waals surface area contributed by atoms with Crippen molar-refractivity contribution in [1.82, 2.24) is 0 Å². The van der Waals surface area contributed by atoms with Crippen molar-refractivity contribution in [2.45, 2.75) is 104 Å². The van der Waals surface area contributed by atoms with Gasteiger partial charge in [-0.15, -0.1) is 0 Å². The zero-order chi connectivity index (χ0) is 19.9. The molecule has 2 heteroatoms. The molecule has 0 radical (unpaired) electrons. The molecule has 2 N–H and O–H groups in total. The van der Waals surface area contributed by atoms with Crippen LogP contribution in [0.15, 0.2) is 0 Å². The van der Waals surface area contributed by atoms with Gasteiger partial charge in [0.1, 0.15) is 0 Å². The molecule has 0 aromatic heterocycles. The number of rotatable bonds is 1. The van der Waals surface area contributed by atoms with Crippen molar-refractivity contribution in [3.05, 3.63) is 0 Å². The van der Waals surface area contributed by atoms with Gasteiger partial charge in [-0.05, 0) is 115 Å². The van der Waals surface area contributed by atoms with Crippen LogP contribution < -0.4 is 0 Å². The maximum Gasteiger partial charge on any atom is 0.0594 e. The summed E-state index contributed by atoms with van der Waals surface area (Å²) in [6.07, 6.45) is 14.2. The van der Waals surface area contributed by atoms with E-state index < -0.39 is 0 Å². The summed E-state index contributed by atoms with van der Waals surface area (Å²) in [6, 6.07) is 0. The third-order valence-corrected chi connectivity index (χ3v) is 12.0. The van der Waals surface area contributed by atoms with Crippen LogP contribution in [0.1, 0.15) is 98.3 Å². The van der Waals surface area contributed by atoms with Gasteiger partial charge in [-0.3, -0.25) is 0 Å². The molecule has 5 rings (SSSR count). The van der Waals surface area contributed by atoms with E-state index in [0.717, 1.165) is 30.1 Å². The Kier molecular flexibility index (Phi) is 4.41. The first kappa shape index (κ1) is 19.9. The SMILES string of the molecule is CC1(C)C2CC[C@@]3(C)C4CC[C@@]5(CO)CCCC5[C@H]4CCC3[C@@]2(C)CC[C@@H]1O. The molecular weight excluding hydrogens is 344 g/mol. The third-order valence-electron chi connectivity index (χ3n) is 12.0. The number of hydrogen-bond acceptors (Lipinski definition) is 2. The predicted octanol–water partition coefficient (Wildman–Crippen LogP) is 5.80. The second kappa shape index (κ2) is 6.22. The second-order valence-electron chi connectivity index (χ2n) is 12.9. The molecule has 160 valence electrons. The molecule has 0 spiro atoms. The molecule has 0 aliphatic heterocycles. The summed E-state index contributed by atoms with van der Waals surface area (Å²) in [5, 5.41) is 21.1. The van der Waals surface area contributed by atoms with Crippen LogP contribution in [-0.2, 0) is 0 Å². The molecule has 0 heterocycles. The monoisotopic (exact) mass is 388 g/mol. The van der Waals surface area contributed by atoms with Gasteiger partial charge in [-0.1, -0.05) is 34.1 Å². The summed E-state index contributed by atoms with van der Waals surface area (Å²) >= 11 is 0. The fraction of sp³-hybridized carbons (Fsp3) is 1.00. The summed E-state index contributed by atoms with van der Waals surface area (Å²) in [5.74, 6) is 4.04. The van der Waals surface area contributed by atoms with Gasteiger partial charge in [0, 0.05) is 6.61 Å². The smallest absolute Gasteiger partial charge is 0.0594 e. The lowest BCUT2D eigenvalue weighted by Gasteiger charge is -2.69. The van der Waals surface area contributed by atoms with Gasteiger partial charge in [0.15, 0.2) is 0 Å². The molecule has 0 amide bonds. The van der Waals surface area contributed by atoms with Crippen LogP contribution in [0.25, 0.3) is 0 Å². The fourth-order valence-corrected chi connectivity index (χ4v) is 10.6. The van der Waals surface area contributed by atoms with Crippen LogP contribution in [0, 0.1) is 51.2 Å². The van der Waals surface area contributed by atoms with Gasteiger partial charge in [-0.25, -0.2) is 0 Å². The van der Waals surface area contributed by atoms with Crippen molar-refractivity contribution >= 4 is 0 Å². The third kappa shape index (κ3) is 2.34. The molecule has 5 aliphatic rings. The minimum atomic E-state index is -0.121. The van der Waals surface area contributed by atoms with E-state index in [4.69, 9.17) is 0 Å². The average molecular weight is 389 g/mol. The van der Waals surface area contributed by atoms with Gasteiger partial charge in [0.05, 0.1) is 6.10 Å². The van der Waals surface area contributed by atoms with E-state index in [1.165, 1.54) is 64.2 Å². The fourth-order valence-electron chi connectivity index (χ4n) is 10.6. The molecule has 2 nitrogen and oxygen atoms in total.